The van der Waals surface area contributed by atoms with E-state index in [1.54, 1.807) is 19.2 Å². The van der Waals surface area contributed by atoms with Crippen LogP contribution in [0.1, 0.15) is 15.9 Å². The molecule has 4 nitrogen and oxygen atoms in total. The van der Waals surface area contributed by atoms with Gasteiger partial charge in [-0.1, -0.05) is 29.8 Å². The van der Waals surface area contributed by atoms with Crippen molar-refractivity contribution >= 4 is 33.4 Å². The zero-order valence-electron chi connectivity index (χ0n) is 12.5. The van der Waals surface area contributed by atoms with Crippen LogP contribution in [0, 0.1) is 6.92 Å². The van der Waals surface area contributed by atoms with Crippen molar-refractivity contribution in [2.24, 2.45) is 0 Å². The van der Waals surface area contributed by atoms with Crippen molar-refractivity contribution in [2.75, 3.05) is 18.9 Å². The maximum absolute atomic E-state index is 12.3. The van der Waals surface area contributed by atoms with Gasteiger partial charge in [-0.3, -0.25) is 9.59 Å². The lowest BCUT2D eigenvalue weighted by atomic mass is 10.1. The first-order valence-electron chi connectivity index (χ1n) is 6.84. The van der Waals surface area contributed by atoms with Crippen LogP contribution in [-0.2, 0) is 4.79 Å². The van der Waals surface area contributed by atoms with Crippen LogP contribution in [0.25, 0.3) is 0 Å². The number of hydrogen-bond acceptors (Lipinski definition) is 2. The first kappa shape index (κ1) is 16.2. The number of halogens is 1. The highest BCUT2D eigenvalue weighted by Gasteiger charge is 2.15. The molecule has 0 atom stereocenters. The highest BCUT2D eigenvalue weighted by molar-refractivity contribution is 9.10. The molecule has 0 aliphatic rings. The number of nitrogens with one attached hydrogen (secondary N) is 1. The van der Waals surface area contributed by atoms with E-state index >= 15 is 0 Å². The predicted octanol–water partition coefficient (Wildman–Crippen LogP) is 3.47. The normalized spacial score (nSPS) is 10.1. The van der Waals surface area contributed by atoms with Gasteiger partial charge in [-0.2, -0.15) is 0 Å². The van der Waals surface area contributed by atoms with Crippen LogP contribution in [0.5, 0.6) is 0 Å². The molecule has 2 aromatic rings. The summed E-state index contributed by atoms with van der Waals surface area (Å²) in [6, 6.07) is 14.7. The summed E-state index contributed by atoms with van der Waals surface area (Å²) in [5.74, 6) is -0.415. The van der Waals surface area contributed by atoms with Gasteiger partial charge in [0.05, 0.1) is 12.2 Å². The molecule has 5 heteroatoms. The Balaban J connectivity index is 1.99. The van der Waals surface area contributed by atoms with E-state index < -0.39 is 0 Å². The summed E-state index contributed by atoms with van der Waals surface area (Å²) >= 11 is 3.37. The Bertz CT molecular complexity index is 701. The molecule has 1 N–H and O–H groups in total. The van der Waals surface area contributed by atoms with E-state index in [-0.39, 0.29) is 18.4 Å². The molecule has 0 fully saturated rings. The van der Waals surface area contributed by atoms with E-state index in [9.17, 15) is 9.59 Å². The molecule has 2 rings (SSSR count). The van der Waals surface area contributed by atoms with Gasteiger partial charge in [0, 0.05) is 17.1 Å². The van der Waals surface area contributed by atoms with Gasteiger partial charge in [0.25, 0.3) is 5.91 Å². The Morgan fingerprint density at radius 2 is 1.86 bits per heavy atom. The zero-order valence-corrected chi connectivity index (χ0v) is 14.1. The molecule has 0 saturated carbocycles. The number of anilines is 1. The molecule has 0 saturated heterocycles. The average Bonchev–Trinajstić information content (AvgIpc) is 2.48. The monoisotopic (exact) mass is 360 g/mol. The SMILES string of the molecule is Cc1cccc(C(=O)N(C)CC(=O)Nc2ccccc2Br)c1. The number of amides is 2. The quantitative estimate of drug-likeness (QED) is 0.907. The molecule has 2 aromatic carbocycles. The first-order chi connectivity index (χ1) is 10.5. The topological polar surface area (TPSA) is 49.4 Å². The third-order valence-corrected chi connectivity index (χ3v) is 3.83. The van der Waals surface area contributed by atoms with Crippen molar-refractivity contribution < 1.29 is 9.59 Å². The number of para-hydroxylation sites is 1. The second kappa shape index (κ2) is 7.22. The van der Waals surface area contributed by atoms with Crippen molar-refractivity contribution in [1.82, 2.24) is 4.90 Å². The fourth-order valence-corrected chi connectivity index (χ4v) is 2.42. The maximum Gasteiger partial charge on any atom is 0.254 e. The molecular formula is C17H17BrN2O2. The number of benzene rings is 2. The molecular weight excluding hydrogens is 344 g/mol. The largest absolute Gasteiger partial charge is 0.332 e. The van der Waals surface area contributed by atoms with Gasteiger partial charge in [0.2, 0.25) is 5.91 Å². The lowest BCUT2D eigenvalue weighted by Crippen LogP contribution is -2.35. The van der Waals surface area contributed by atoms with Crippen LogP contribution in [0.3, 0.4) is 0 Å². The number of aryl methyl sites for hydroxylation is 1. The summed E-state index contributed by atoms with van der Waals surface area (Å²) in [6.45, 7) is 1.92. The van der Waals surface area contributed by atoms with Gasteiger partial charge < -0.3 is 10.2 Å². The summed E-state index contributed by atoms with van der Waals surface area (Å²) in [5.41, 5.74) is 2.28. The van der Waals surface area contributed by atoms with Crippen LogP contribution in [0.4, 0.5) is 5.69 Å². The van der Waals surface area contributed by atoms with Crippen molar-refractivity contribution in [2.45, 2.75) is 6.92 Å². The van der Waals surface area contributed by atoms with E-state index in [0.29, 0.717) is 11.3 Å². The van der Waals surface area contributed by atoms with Crippen LogP contribution in [0.2, 0.25) is 0 Å². The lowest BCUT2D eigenvalue weighted by molar-refractivity contribution is -0.116. The van der Waals surface area contributed by atoms with Gasteiger partial charge in [-0.15, -0.1) is 0 Å². The molecule has 0 aliphatic heterocycles. The molecule has 0 unspecified atom stereocenters. The summed E-state index contributed by atoms with van der Waals surface area (Å²) in [5, 5.41) is 2.78. The lowest BCUT2D eigenvalue weighted by Gasteiger charge is -2.17. The minimum absolute atomic E-state index is 0.00584. The predicted molar refractivity (Wildman–Crippen MR) is 90.9 cm³/mol. The van der Waals surface area contributed by atoms with Crippen molar-refractivity contribution in [1.29, 1.82) is 0 Å². The standard InChI is InChI=1S/C17H17BrN2O2/c1-12-6-5-7-13(10-12)17(22)20(2)11-16(21)19-15-9-4-3-8-14(15)18/h3-10H,11H2,1-2H3,(H,19,21). The van der Waals surface area contributed by atoms with Crippen molar-refractivity contribution in [3.8, 4) is 0 Å². The molecule has 0 spiro atoms. The van der Waals surface area contributed by atoms with Gasteiger partial charge in [-0.05, 0) is 47.1 Å². The minimum atomic E-state index is -0.240. The summed E-state index contributed by atoms with van der Waals surface area (Å²) in [6.07, 6.45) is 0. The second-order valence-corrected chi connectivity index (χ2v) is 5.91. The molecule has 2 amide bonds. The smallest absolute Gasteiger partial charge is 0.254 e. The number of hydrogen-bond donors (Lipinski definition) is 1. The highest BCUT2D eigenvalue weighted by atomic mass is 79.9. The Morgan fingerprint density at radius 1 is 1.14 bits per heavy atom. The Labute approximate surface area is 138 Å². The molecule has 0 aromatic heterocycles. The number of rotatable bonds is 4. The van der Waals surface area contributed by atoms with E-state index in [2.05, 4.69) is 21.2 Å². The number of nitrogens with zero attached hydrogens (tertiary/aromatic N) is 1. The maximum atomic E-state index is 12.3. The molecule has 0 bridgehead atoms. The van der Waals surface area contributed by atoms with Crippen molar-refractivity contribution in [3.63, 3.8) is 0 Å². The highest BCUT2D eigenvalue weighted by Crippen LogP contribution is 2.21. The summed E-state index contributed by atoms with van der Waals surface area (Å²) in [4.78, 5) is 25.7. The van der Waals surface area contributed by atoms with Crippen molar-refractivity contribution in [3.05, 3.63) is 64.1 Å². The summed E-state index contributed by atoms with van der Waals surface area (Å²) < 4.78 is 0.802. The van der Waals surface area contributed by atoms with Crippen LogP contribution < -0.4 is 5.32 Å². The molecule has 0 heterocycles. The molecule has 114 valence electrons. The fraction of sp³-hybridized carbons (Fsp3) is 0.176. The van der Waals surface area contributed by atoms with Gasteiger partial charge in [-0.25, -0.2) is 0 Å². The third kappa shape index (κ3) is 4.18. The van der Waals surface area contributed by atoms with Crippen LogP contribution in [-0.4, -0.2) is 30.3 Å². The van der Waals surface area contributed by atoms with E-state index in [1.807, 2.05) is 43.3 Å². The minimum Gasteiger partial charge on any atom is -0.332 e. The Morgan fingerprint density at radius 3 is 2.55 bits per heavy atom. The van der Waals surface area contributed by atoms with Gasteiger partial charge in [0.1, 0.15) is 0 Å². The van der Waals surface area contributed by atoms with E-state index in [0.717, 1.165) is 10.0 Å². The fourth-order valence-electron chi connectivity index (χ4n) is 2.04. The summed E-state index contributed by atoms with van der Waals surface area (Å²) in [7, 11) is 1.62. The first-order valence-corrected chi connectivity index (χ1v) is 7.63. The van der Waals surface area contributed by atoms with Crippen LogP contribution >= 0.6 is 15.9 Å². The zero-order chi connectivity index (χ0) is 16.1. The van der Waals surface area contributed by atoms with E-state index in [4.69, 9.17) is 0 Å². The van der Waals surface area contributed by atoms with E-state index in [1.165, 1.54) is 4.90 Å². The van der Waals surface area contributed by atoms with Gasteiger partial charge in [0.15, 0.2) is 0 Å². The molecule has 0 aliphatic carbocycles. The van der Waals surface area contributed by atoms with Crippen LogP contribution in [0.15, 0.2) is 53.0 Å². The molecule has 22 heavy (non-hydrogen) atoms. The second-order valence-electron chi connectivity index (χ2n) is 5.06. The number of likely N-dealkylation sites (N-methyl/N-ethyl adjacent to an activating group) is 1. The Hall–Kier alpha value is -2.14. The molecule has 0 radical (unpaired) electrons. The number of carbonyl (C=O) groups is 2. The third-order valence-electron chi connectivity index (χ3n) is 3.14. The van der Waals surface area contributed by atoms with Gasteiger partial charge >= 0.3 is 0 Å². The average molecular weight is 361 g/mol. The Kier molecular flexibility index (Phi) is 5.33. The number of carbonyl (C=O) groups excluding carboxylic acids is 2.